The minimum absolute atomic E-state index is 0.0587. The number of aryl methyl sites for hydroxylation is 3. The molecule has 2 saturated heterocycles. The first-order valence-corrected chi connectivity index (χ1v) is 8.25. The quantitative estimate of drug-likeness (QED) is 0.902. The van der Waals surface area contributed by atoms with Crippen molar-refractivity contribution in [3.8, 4) is 0 Å². The Balaban J connectivity index is 1.67. The number of fused-ring (bicyclic) bond motifs is 2. The highest BCUT2D eigenvalue weighted by Gasteiger charge is 2.40. The van der Waals surface area contributed by atoms with Crippen LogP contribution in [0, 0.1) is 20.8 Å². The maximum Gasteiger partial charge on any atom is 0.238 e. The largest absolute Gasteiger partial charge is 0.393 e. The Morgan fingerprint density at radius 2 is 1.73 bits per heavy atom. The molecule has 2 atom stereocenters. The molecule has 22 heavy (non-hydrogen) atoms. The van der Waals surface area contributed by atoms with Gasteiger partial charge in [-0.05, 0) is 57.6 Å². The first-order valence-electron chi connectivity index (χ1n) is 8.25. The molecule has 2 bridgehead atoms. The number of amides is 1. The summed E-state index contributed by atoms with van der Waals surface area (Å²) in [5.74, 6) is 0.0587. The van der Waals surface area contributed by atoms with Crippen LogP contribution in [0.2, 0.25) is 0 Å². The molecule has 1 aromatic rings. The highest BCUT2D eigenvalue weighted by Crippen LogP contribution is 2.35. The molecule has 120 valence electrons. The molecule has 2 N–H and O–H groups in total. The maximum atomic E-state index is 12.5. The fourth-order valence-corrected chi connectivity index (χ4v) is 4.23. The average molecular weight is 302 g/mol. The van der Waals surface area contributed by atoms with Crippen LogP contribution in [0.3, 0.4) is 0 Å². The van der Waals surface area contributed by atoms with E-state index in [0.29, 0.717) is 18.6 Å². The van der Waals surface area contributed by atoms with Crippen LogP contribution in [-0.4, -0.2) is 40.6 Å². The predicted molar refractivity (Wildman–Crippen MR) is 88.0 cm³/mol. The van der Waals surface area contributed by atoms with E-state index in [4.69, 9.17) is 0 Å². The fourth-order valence-electron chi connectivity index (χ4n) is 4.23. The van der Waals surface area contributed by atoms with Crippen LogP contribution in [-0.2, 0) is 4.79 Å². The van der Waals surface area contributed by atoms with E-state index in [2.05, 4.69) is 29.3 Å². The molecule has 2 aliphatic rings. The summed E-state index contributed by atoms with van der Waals surface area (Å²) < 4.78 is 0. The number of carbonyl (C=O) groups excluding carboxylic acids is 1. The highest BCUT2D eigenvalue weighted by atomic mass is 16.3. The molecular weight excluding hydrogens is 276 g/mol. The molecule has 2 aliphatic heterocycles. The first-order chi connectivity index (χ1) is 10.4. The van der Waals surface area contributed by atoms with E-state index < -0.39 is 0 Å². The van der Waals surface area contributed by atoms with Crippen LogP contribution in [0.15, 0.2) is 12.1 Å². The second-order valence-electron chi connectivity index (χ2n) is 7.00. The zero-order valence-electron chi connectivity index (χ0n) is 13.7. The van der Waals surface area contributed by atoms with Gasteiger partial charge >= 0.3 is 0 Å². The average Bonchev–Trinajstić information content (AvgIpc) is 2.66. The summed E-state index contributed by atoms with van der Waals surface area (Å²) in [6.45, 7) is 6.59. The van der Waals surface area contributed by atoms with Crippen molar-refractivity contribution < 1.29 is 9.90 Å². The van der Waals surface area contributed by atoms with Crippen molar-refractivity contribution in [1.29, 1.82) is 0 Å². The molecule has 2 unspecified atom stereocenters. The lowest BCUT2D eigenvalue weighted by molar-refractivity contribution is -0.119. The lowest BCUT2D eigenvalue weighted by Gasteiger charge is -2.36. The molecule has 1 amide bonds. The zero-order chi connectivity index (χ0) is 15.9. The van der Waals surface area contributed by atoms with E-state index in [9.17, 15) is 9.90 Å². The normalized spacial score (nSPS) is 27.9. The van der Waals surface area contributed by atoms with Crippen LogP contribution in [0.1, 0.15) is 42.4 Å². The van der Waals surface area contributed by atoms with Gasteiger partial charge in [0.1, 0.15) is 0 Å². The van der Waals surface area contributed by atoms with Crippen LogP contribution in [0.5, 0.6) is 0 Å². The van der Waals surface area contributed by atoms with Crippen LogP contribution >= 0.6 is 0 Å². The van der Waals surface area contributed by atoms with E-state index in [0.717, 1.165) is 42.5 Å². The van der Waals surface area contributed by atoms with Crippen molar-refractivity contribution >= 4 is 11.6 Å². The number of benzene rings is 1. The number of nitrogens with zero attached hydrogens (tertiary/aromatic N) is 1. The van der Waals surface area contributed by atoms with Crippen LogP contribution < -0.4 is 5.32 Å². The smallest absolute Gasteiger partial charge is 0.238 e. The Morgan fingerprint density at radius 3 is 2.27 bits per heavy atom. The van der Waals surface area contributed by atoms with Crippen molar-refractivity contribution in [2.24, 2.45) is 0 Å². The Hall–Kier alpha value is -1.39. The minimum Gasteiger partial charge on any atom is -0.393 e. The summed E-state index contributed by atoms with van der Waals surface area (Å²) in [5.41, 5.74) is 4.39. The van der Waals surface area contributed by atoms with Crippen molar-refractivity contribution in [2.45, 2.75) is 64.6 Å². The molecule has 4 heteroatoms. The Kier molecular flexibility index (Phi) is 4.24. The number of hydrogen-bond acceptors (Lipinski definition) is 3. The molecule has 0 aromatic heterocycles. The highest BCUT2D eigenvalue weighted by molar-refractivity contribution is 5.93. The van der Waals surface area contributed by atoms with Gasteiger partial charge < -0.3 is 10.4 Å². The number of anilines is 1. The van der Waals surface area contributed by atoms with Crippen molar-refractivity contribution in [3.63, 3.8) is 0 Å². The SMILES string of the molecule is Cc1cc(C)c(NC(=O)CN2C3CCC2CC(O)C3)c(C)c1. The van der Waals surface area contributed by atoms with Crippen LogP contribution in [0.4, 0.5) is 5.69 Å². The zero-order valence-corrected chi connectivity index (χ0v) is 13.7. The van der Waals surface area contributed by atoms with Gasteiger partial charge in [-0.25, -0.2) is 0 Å². The Bertz CT molecular complexity index is 547. The van der Waals surface area contributed by atoms with Gasteiger partial charge in [-0.15, -0.1) is 0 Å². The number of aliphatic hydroxyl groups excluding tert-OH is 1. The van der Waals surface area contributed by atoms with Gasteiger partial charge in [0.05, 0.1) is 12.6 Å². The maximum absolute atomic E-state index is 12.5. The van der Waals surface area contributed by atoms with Gasteiger partial charge in [0.2, 0.25) is 5.91 Å². The third-order valence-electron chi connectivity index (χ3n) is 5.13. The van der Waals surface area contributed by atoms with Gasteiger partial charge in [0.25, 0.3) is 0 Å². The third kappa shape index (κ3) is 3.03. The molecule has 3 rings (SSSR count). The second-order valence-corrected chi connectivity index (χ2v) is 7.00. The lowest BCUT2D eigenvalue weighted by atomic mass is 10.00. The van der Waals surface area contributed by atoms with Gasteiger partial charge in [0, 0.05) is 17.8 Å². The van der Waals surface area contributed by atoms with Gasteiger partial charge in [-0.2, -0.15) is 0 Å². The van der Waals surface area contributed by atoms with Crippen molar-refractivity contribution in [1.82, 2.24) is 4.90 Å². The summed E-state index contributed by atoms with van der Waals surface area (Å²) >= 11 is 0. The Morgan fingerprint density at radius 1 is 1.18 bits per heavy atom. The monoisotopic (exact) mass is 302 g/mol. The van der Waals surface area contributed by atoms with Crippen LogP contribution in [0.25, 0.3) is 0 Å². The van der Waals surface area contributed by atoms with E-state index in [-0.39, 0.29) is 12.0 Å². The van der Waals surface area contributed by atoms with Crippen molar-refractivity contribution in [3.05, 3.63) is 28.8 Å². The molecule has 0 spiro atoms. The molecule has 1 aromatic carbocycles. The van der Waals surface area contributed by atoms with E-state index >= 15 is 0 Å². The molecule has 0 saturated carbocycles. The number of carbonyl (C=O) groups is 1. The van der Waals surface area contributed by atoms with E-state index in [1.165, 1.54) is 5.56 Å². The summed E-state index contributed by atoms with van der Waals surface area (Å²) in [6.07, 6.45) is 3.66. The second kappa shape index (κ2) is 6.01. The first kappa shape index (κ1) is 15.5. The molecule has 0 radical (unpaired) electrons. The number of aliphatic hydroxyl groups is 1. The van der Waals surface area contributed by atoms with Crippen molar-refractivity contribution in [2.75, 3.05) is 11.9 Å². The predicted octanol–water partition coefficient (Wildman–Crippen LogP) is 2.54. The molecule has 4 nitrogen and oxygen atoms in total. The fraction of sp³-hybridized carbons (Fsp3) is 0.611. The molecule has 2 heterocycles. The third-order valence-corrected chi connectivity index (χ3v) is 5.13. The lowest BCUT2D eigenvalue weighted by Crippen LogP contribution is -2.47. The number of hydrogen-bond donors (Lipinski definition) is 2. The Labute approximate surface area is 132 Å². The van der Waals surface area contributed by atoms with Gasteiger partial charge in [0.15, 0.2) is 0 Å². The van der Waals surface area contributed by atoms with E-state index in [1.54, 1.807) is 0 Å². The topological polar surface area (TPSA) is 52.6 Å². The standard InChI is InChI=1S/C18H26N2O2/c1-11-6-12(2)18(13(3)7-11)19-17(22)10-20-14-4-5-15(20)9-16(21)8-14/h6-7,14-16,21H,4-5,8-10H2,1-3H3,(H,19,22). The van der Waals surface area contributed by atoms with Gasteiger partial charge in [-0.1, -0.05) is 17.7 Å². The molecule has 0 aliphatic carbocycles. The summed E-state index contributed by atoms with van der Waals surface area (Å²) in [6, 6.07) is 4.95. The number of rotatable bonds is 3. The molecule has 2 fully saturated rings. The number of nitrogens with one attached hydrogen (secondary N) is 1. The minimum atomic E-state index is -0.182. The van der Waals surface area contributed by atoms with E-state index in [1.807, 2.05) is 13.8 Å². The summed E-state index contributed by atoms with van der Waals surface area (Å²) in [5, 5.41) is 12.9. The number of piperidine rings is 1. The van der Waals surface area contributed by atoms with Gasteiger partial charge in [-0.3, -0.25) is 9.69 Å². The summed E-state index contributed by atoms with van der Waals surface area (Å²) in [7, 11) is 0. The molecular formula is C18H26N2O2. The summed E-state index contributed by atoms with van der Waals surface area (Å²) in [4.78, 5) is 14.7.